The van der Waals surface area contributed by atoms with Crippen LogP contribution in [0, 0.1) is 5.92 Å². The zero-order valence-corrected chi connectivity index (χ0v) is 16.9. The summed E-state index contributed by atoms with van der Waals surface area (Å²) in [7, 11) is 0. The number of rotatable bonds is 9. The molecule has 0 unspecified atom stereocenters. The molecule has 22 heavy (non-hydrogen) atoms. The molecule has 0 bridgehead atoms. The van der Waals surface area contributed by atoms with Gasteiger partial charge in [0, 0.05) is 26.2 Å². The zero-order valence-electron chi connectivity index (χ0n) is 14.6. The predicted octanol–water partition coefficient (Wildman–Crippen LogP) is 2.32. The van der Waals surface area contributed by atoms with Crippen molar-refractivity contribution in [3.63, 3.8) is 0 Å². The Morgan fingerprint density at radius 1 is 1.18 bits per heavy atom. The molecule has 1 saturated heterocycles. The van der Waals surface area contributed by atoms with E-state index in [1.807, 2.05) is 6.92 Å². The van der Waals surface area contributed by atoms with Crippen molar-refractivity contribution in [2.75, 3.05) is 52.5 Å². The molecule has 0 saturated carbocycles. The van der Waals surface area contributed by atoms with Crippen LogP contribution >= 0.6 is 24.0 Å². The highest BCUT2D eigenvalue weighted by Crippen LogP contribution is 2.17. The molecular formula is C16H35IN4O. The number of hydrogen-bond acceptors (Lipinski definition) is 3. The smallest absolute Gasteiger partial charge is 0.191 e. The summed E-state index contributed by atoms with van der Waals surface area (Å²) >= 11 is 0. The van der Waals surface area contributed by atoms with Crippen LogP contribution in [0.1, 0.15) is 40.0 Å². The predicted molar refractivity (Wildman–Crippen MR) is 105 cm³/mol. The lowest BCUT2D eigenvalue weighted by Crippen LogP contribution is -2.40. The molecule has 6 heteroatoms. The molecule has 0 aliphatic carbocycles. The van der Waals surface area contributed by atoms with Crippen molar-refractivity contribution < 1.29 is 4.74 Å². The molecule has 0 radical (unpaired) electrons. The van der Waals surface area contributed by atoms with E-state index in [2.05, 4.69) is 29.4 Å². The van der Waals surface area contributed by atoms with E-state index in [1.165, 1.54) is 38.9 Å². The fourth-order valence-electron chi connectivity index (χ4n) is 2.66. The normalized spacial score (nSPS) is 17.1. The van der Waals surface area contributed by atoms with Gasteiger partial charge in [0.25, 0.3) is 0 Å². The van der Waals surface area contributed by atoms with E-state index < -0.39 is 0 Å². The fourth-order valence-corrected chi connectivity index (χ4v) is 2.66. The first kappa shape index (κ1) is 21.9. The van der Waals surface area contributed by atoms with Gasteiger partial charge in [0.2, 0.25) is 0 Å². The summed E-state index contributed by atoms with van der Waals surface area (Å²) in [6.07, 6.45) is 3.82. The largest absolute Gasteiger partial charge is 0.380 e. The first-order valence-electron chi connectivity index (χ1n) is 8.62. The number of likely N-dealkylation sites (tertiary alicyclic amines) is 1. The summed E-state index contributed by atoms with van der Waals surface area (Å²) in [5.41, 5.74) is 0. The fraction of sp³-hybridized carbons (Fsp3) is 0.938. The molecule has 1 aliphatic rings. The molecule has 0 aromatic rings. The van der Waals surface area contributed by atoms with Crippen LogP contribution in [-0.4, -0.2) is 63.3 Å². The SMILES string of the molecule is CCCN1CCC(CN=C(NCC)NCCOCC)CC1.I. The van der Waals surface area contributed by atoms with Gasteiger partial charge in [0.15, 0.2) is 5.96 Å². The van der Waals surface area contributed by atoms with Gasteiger partial charge in [-0.05, 0) is 58.7 Å². The number of halogens is 1. The highest BCUT2D eigenvalue weighted by Gasteiger charge is 2.18. The Morgan fingerprint density at radius 2 is 1.91 bits per heavy atom. The maximum atomic E-state index is 5.34. The highest BCUT2D eigenvalue weighted by atomic mass is 127. The Balaban J connectivity index is 0.00000441. The van der Waals surface area contributed by atoms with Gasteiger partial charge in [-0.15, -0.1) is 24.0 Å². The zero-order chi connectivity index (χ0) is 15.3. The summed E-state index contributed by atoms with van der Waals surface area (Å²) in [5.74, 6) is 1.66. The van der Waals surface area contributed by atoms with Gasteiger partial charge in [-0.2, -0.15) is 0 Å². The Hall–Kier alpha value is -0.0800. The lowest BCUT2D eigenvalue weighted by atomic mass is 9.97. The van der Waals surface area contributed by atoms with Gasteiger partial charge in [0.05, 0.1) is 6.61 Å². The molecule has 0 atom stereocenters. The number of piperidine rings is 1. The van der Waals surface area contributed by atoms with Gasteiger partial charge < -0.3 is 20.3 Å². The van der Waals surface area contributed by atoms with Crippen LogP contribution in [0.4, 0.5) is 0 Å². The van der Waals surface area contributed by atoms with Crippen LogP contribution < -0.4 is 10.6 Å². The molecule has 132 valence electrons. The molecule has 1 heterocycles. The molecule has 0 aromatic carbocycles. The van der Waals surface area contributed by atoms with Gasteiger partial charge >= 0.3 is 0 Å². The summed E-state index contributed by atoms with van der Waals surface area (Å²) in [5, 5.41) is 6.63. The monoisotopic (exact) mass is 426 g/mol. The average molecular weight is 426 g/mol. The van der Waals surface area contributed by atoms with Gasteiger partial charge in [0.1, 0.15) is 0 Å². The standard InChI is InChI=1S/C16H34N4O.HI/c1-4-10-20-11-7-15(8-12-20)14-19-16(17-5-2)18-9-13-21-6-3;/h15H,4-14H2,1-3H3,(H2,17,18,19);1H. The Kier molecular flexibility index (Phi) is 14.5. The quantitative estimate of drug-likeness (QED) is 0.257. The first-order valence-corrected chi connectivity index (χ1v) is 8.62. The number of guanidine groups is 1. The summed E-state index contributed by atoms with van der Waals surface area (Å²) in [6.45, 7) is 14.2. The minimum atomic E-state index is 0. The third-order valence-electron chi connectivity index (χ3n) is 3.84. The van der Waals surface area contributed by atoms with E-state index >= 15 is 0 Å². The second kappa shape index (κ2) is 14.5. The second-order valence-electron chi connectivity index (χ2n) is 5.63. The molecule has 5 nitrogen and oxygen atoms in total. The molecule has 0 aromatic heterocycles. The number of nitrogens with zero attached hydrogens (tertiary/aromatic N) is 2. The average Bonchev–Trinajstić information content (AvgIpc) is 2.51. The van der Waals surface area contributed by atoms with Crippen LogP contribution in [0.15, 0.2) is 4.99 Å². The second-order valence-corrected chi connectivity index (χ2v) is 5.63. The maximum Gasteiger partial charge on any atom is 0.191 e. The van der Waals surface area contributed by atoms with E-state index in [4.69, 9.17) is 9.73 Å². The van der Waals surface area contributed by atoms with E-state index in [0.717, 1.165) is 44.7 Å². The topological polar surface area (TPSA) is 48.9 Å². The van der Waals surface area contributed by atoms with Crippen molar-refractivity contribution in [2.24, 2.45) is 10.9 Å². The molecule has 1 aliphatic heterocycles. The van der Waals surface area contributed by atoms with E-state index in [0.29, 0.717) is 0 Å². The van der Waals surface area contributed by atoms with Gasteiger partial charge in [-0.3, -0.25) is 4.99 Å². The van der Waals surface area contributed by atoms with Crippen molar-refractivity contribution in [3.8, 4) is 0 Å². The lowest BCUT2D eigenvalue weighted by Gasteiger charge is -2.31. The van der Waals surface area contributed by atoms with Crippen LogP contribution in [0.25, 0.3) is 0 Å². The van der Waals surface area contributed by atoms with E-state index in [-0.39, 0.29) is 24.0 Å². The maximum absolute atomic E-state index is 5.34. The Labute approximate surface area is 153 Å². The van der Waals surface area contributed by atoms with Crippen LogP contribution in [0.5, 0.6) is 0 Å². The van der Waals surface area contributed by atoms with Crippen LogP contribution in [0.2, 0.25) is 0 Å². The number of nitrogens with one attached hydrogen (secondary N) is 2. The Bertz CT molecular complexity index is 281. The third kappa shape index (κ3) is 9.84. The van der Waals surface area contributed by atoms with E-state index in [9.17, 15) is 0 Å². The van der Waals surface area contributed by atoms with Gasteiger partial charge in [-0.1, -0.05) is 6.92 Å². The van der Waals surface area contributed by atoms with E-state index in [1.54, 1.807) is 0 Å². The molecular weight excluding hydrogens is 391 g/mol. The summed E-state index contributed by atoms with van der Waals surface area (Å²) in [4.78, 5) is 7.30. The lowest BCUT2D eigenvalue weighted by molar-refractivity contribution is 0.152. The summed E-state index contributed by atoms with van der Waals surface area (Å²) < 4.78 is 5.34. The van der Waals surface area contributed by atoms with Gasteiger partial charge in [-0.25, -0.2) is 0 Å². The van der Waals surface area contributed by atoms with Crippen molar-refractivity contribution in [2.45, 2.75) is 40.0 Å². The summed E-state index contributed by atoms with van der Waals surface area (Å²) in [6, 6.07) is 0. The molecule has 1 fully saturated rings. The highest BCUT2D eigenvalue weighted by molar-refractivity contribution is 14.0. The molecule has 0 amide bonds. The van der Waals surface area contributed by atoms with Crippen LogP contribution in [0.3, 0.4) is 0 Å². The molecule has 2 N–H and O–H groups in total. The third-order valence-corrected chi connectivity index (χ3v) is 3.84. The van der Waals surface area contributed by atoms with Crippen molar-refractivity contribution >= 4 is 29.9 Å². The minimum absolute atomic E-state index is 0. The first-order chi connectivity index (χ1) is 10.3. The molecule has 0 spiro atoms. The Morgan fingerprint density at radius 3 is 2.50 bits per heavy atom. The van der Waals surface area contributed by atoms with Crippen molar-refractivity contribution in [1.82, 2.24) is 15.5 Å². The van der Waals surface area contributed by atoms with Crippen LogP contribution in [-0.2, 0) is 4.74 Å². The van der Waals surface area contributed by atoms with Crippen molar-refractivity contribution in [1.29, 1.82) is 0 Å². The number of hydrogen-bond donors (Lipinski definition) is 2. The number of aliphatic imine (C=N–C) groups is 1. The minimum Gasteiger partial charge on any atom is -0.380 e. The molecule has 1 rings (SSSR count). The van der Waals surface area contributed by atoms with Crippen molar-refractivity contribution in [3.05, 3.63) is 0 Å². The number of ether oxygens (including phenoxy) is 1.